The molecule has 0 saturated carbocycles. The van der Waals surface area contributed by atoms with E-state index in [1.54, 1.807) is 29.3 Å². The standard InChI is InChI=1S/C22H23FN6O2/c1-14-12-28(21-9-15(2)27-29(21)13-14)22(31)8-7-20(30)26-19-6-4-17(11-25-19)16-3-5-18(23)24-10-16/h3-6,9-11,14H,7-8,12-13H2,1-2H3,(H,25,26,30). The number of halogens is 1. The van der Waals surface area contributed by atoms with Crippen molar-refractivity contribution in [1.82, 2.24) is 19.7 Å². The van der Waals surface area contributed by atoms with E-state index in [9.17, 15) is 14.0 Å². The minimum atomic E-state index is -0.547. The topological polar surface area (TPSA) is 93.0 Å². The fourth-order valence-corrected chi connectivity index (χ4v) is 3.62. The molecule has 0 aliphatic carbocycles. The number of aromatic nitrogens is 4. The molecular formula is C22H23FN6O2. The Balaban J connectivity index is 1.33. The van der Waals surface area contributed by atoms with Crippen molar-refractivity contribution in [3.63, 3.8) is 0 Å². The number of aryl methyl sites for hydroxylation is 1. The average molecular weight is 422 g/mol. The van der Waals surface area contributed by atoms with Crippen LogP contribution in [0.4, 0.5) is 16.0 Å². The van der Waals surface area contributed by atoms with Crippen LogP contribution >= 0.6 is 0 Å². The van der Waals surface area contributed by atoms with Gasteiger partial charge in [0.25, 0.3) is 0 Å². The lowest BCUT2D eigenvalue weighted by Crippen LogP contribution is -2.41. The monoisotopic (exact) mass is 422 g/mol. The first-order valence-corrected chi connectivity index (χ1v) is 10.1. The molecule has 31 heavy (non-hydrogen) atoms. The van der Waals surface area contributed by atoms with Crippen molar-refractivity contribution in [3.8, 4) is 11.1 Å². The van der Waals surface area contributed by atoms with E-state index in [0.29, 0.717) is 18.3 Å². The van der Waals surface area contributed by atoms with Crippen LogP contribution in [0.5, 0.6) is 0 Å². The summed E-state index contributed by atoms with van der Waals surface area (Å²) in [7, 11) is 0. The van der Waals surface area contributed by atoms with Crippen molar-refractivity contribution in [3.05, 3.63) is 54.4 Å². The maximum Gasteiger partial charge on any atom is 0.228 e. The number of hydrogen-bond donors (Lipinski definition) is 1. The fourth-order valence-electron chi connectivity index (χ4n) is 3.62. The van der Waals surface area contributed by atoms with Gasteiger partial charge >= 0.3 is 0 Å². The minimum absolute atomic E-state index is 0.0577. The number of hydrogen-bond acceptors (Lipinski definition) is 5. The van der Waals surface area contributed by atoms with E-state index in [2.05, 4.69) is 27.3 Å². The third-order valence-electron chi connectivity index (χ3n) is 5.09. The summed E-state index contributed by atoms with van der Waals surface area (Å²) >= 11 is 0. The highest BCUT2D eigenvalue weighted by Crippen LogP contribution is 2.25. The summed E-state index contributed by atoms with van der Waals surface area (Å²) in [4.78, 5) is 34.6. The highest BCUT2D eigenvalue weighted by molar-refractivity contribution is 5.97. The summed E-state index contributed by atoms with van der Waals surface area (Å²) in [6, 6.07) is 8.21. The molecule has 1 aliphatic heterocycles. The Morgan fingerprint density at radius 3 is 2.52 bits per heavy atom. The van der Waals surface area contributed by atoms with Crippen molar-refractivity contribution in [1.29, 1.82) is 0 Å². The number of fused-ring (bicyclic) bond motifs is 1. The molecule has 1 aliphatic rings. The van der Waals surface area contributed by atoms with E-state index >= 15 is 0 Å². The van der Waals surface area contributed by atoms with Gasteiger partial charge in [0.05, 0.1) is 5.69 Å². The molecule has 0 fully saturated rings. The van der Waals surface area contributed by atoms with Gasteiger partial charge in [0.1, 0.15) is 11.6 Å². The number of carbonyl (C=O) groups is 2. The molecule has 0 aromatic carbocycles. The Bertz CT molecular complexity index is 1090. The smallest absolute Gasteiger partial charge is 0.228 e. The van der Waals surface area contributed by atoms with Crippen LogP contribution in [0.3, 0.4) is 0 Å². The summed E-state index contributed by atoms with van der Waals surface area (Å²) in [6.45, 7) is 5.37. The third kappa shape index (κ3) is 4.76. The zero-order chi connectivity index (χ0) is 22.0. The molecule has 4 rings (SSSR count). The largest absolute Gasteiger partial charge is 0.311 e. The van der Waals surface area contributed by atoms with Gasteiger partial charge in [0.2, 0.25) is 17.8 Å². The molecule has 0 spiro atoms. The summed E-state index contributed by atoms with van der Waals surface area (Å²) in [6.07, 6.45) is 3.16. The van der Waals surface area contributed by atoms with Crippen molar-refractivity contribution in [2.75, 3.05) is 16.8 Å². The zero-order valence-electron chi connectivity index (χ0n) is 17.4. The van der Waals surface area contributed by atoms with Crippen molar-refractivity contribution in [2.24, 2.45) is 5.92 Å². The summed E-state index contributed by atoms with van der Waals surface area (Å²) in [5.74, 6) is 0.532. The molecular weight excluding hydrogens is 399 g/mol. The molecule has 1 N–H and O–H groups in total. The van der Waals surface area contributed by atoms with Crippen LogP contribution in [-0.2, 0) is 16.1 Å². The van der Waals surface area contributed by atoms with Gasteiger partial charge in [0, 0.05) is 55.5 Å². The fraction of sp³-hybridized carbons (Fsp3) is 0.318. The van der Waals surface area contributed by atoms with Crippen molar-refractivity contribution < 1.29 is 14.0 Å². The maximum atomic E-state index is 12.9. The van der Waals surface area contributed by atoms with Gasteiger partial charge in [-0.25, -0.2) is 14.6 Å². The van der Waals surface area contributed by atoms with Crippen molar-refractivity contribution >= 4 is 23.5 Å². The molecule has 0 bridgehead atoms. The molecule has 3 aromatic rings. The SMILES string of the molecule is Cc1cc2n(n1)CC(C)CN2C(=O)CCC(=O)Nc1ccc(-c2ccc(F)nc2)cn1. The van der Waals surface area contributed by atoms with Gasteiger partial charge in [-0.15, -0.1) is 0 Å². The Hall–Kier alpha value is -3.62. The number of nitrogens with one attached hydrogen (secondary N) is 1. The Kier molecular flexibility index (Phi) is 5.75. The van der Waals surface area contributed by atoms with Crippen LogP contribution in [0, 0.1) is 18.8 Å². The van der Waals surface area contributed by atoms with E-state index in [0.717, 1.165) is 29.2 Å². The van der Waals surface area contributed by atoms with Crippen LogP contribution in [0.25, 0.3) is 11.1 Å². The molecule has 3 aromatic heterocycles. The summed E-state index contributed by atoms with van der Waals surface area (Å²) < 4.78 is 14.8. The number of pyridine rings is 2. The van der Waals surface area contributed by atoms with Gasteiger partial charge in [0.15, 0.2) is 0 Å². The molecule has 1 unspecified atom stereocenters. The van der Waals surface area contributed by atoms with E-state index in [-0.39, 0.29) is 24.7 Å². The van der Waals surface area contributed by atoms with Crippen LogP contribution < -0.4 is 10.2 Å². The molecule has 9 heteroatoms. The van der Waals surface area contributed by atoms with Crippen LogP contribution in [0.2, 0.25) is 0 Å². The maximum absolute atomic E-state index is 12.9. The first-order chi connectivity index (χ1) is 14.9. The second-order valence-electron chi connectivity index (χ2n) is 7.79. The summed E-state index contributed by atoms with van der Waals surface area (Å²) in [5, 5.41) is 7.14. The number of carbonyl (C=O) groups excluding carboxylic acids is 2. The second-order valence-corrected chi connectivity index (χ2v) is 7.79. The molecule has 1 atom stereocenters. The Morgan fingerprint density at radius 1 is 1.10 bits per heavy atom. The zero-order valence-corrected chi connectivity index (χ0v) is 17.4. The molecule has 160 valence electrons. The van der Waals surface area contributed by atoms with Crippen LogP contribution in [0.1, 0.15) is 25.5 Å². The van der Waals surface area contributed by atoms with E-state index < -0.39 is 5.95 Å². The molecule has 0 radical (unpaired) electrons. The first-order valence-electron chi connectivity index (χ1n) is 10.1. The minimum Gasteiger partial charge on any atom is -0.311 e. The highest BCUT2D eigenvalue weighted by Gasteiger charge is 2.27. The normalized spacial score (nSPS) is 15.5. The third-order valence-corrected chi connectivity index (χ3v) is 5.09. The van der Waals surface area contributed by atoms with Gasteiger partial charge in [-0.2, -0.15) is 9.49 Å². The number of amides is 2. The molecule has 2 amide bonds. The van der Waals surface area contributed by atoms with Gasteiger partial charge in [-0.3, -0.25) is 14.5 Å². The van der Waals surface area contributed by atoms with E-state index in [1.165, 1.54) is 12.3 Å². The van der Waals surface area contributed by atoms with E-state index in [1.807, 2.05) is 17.7 Å². The van der Waals surface area contributed by atoms with Crippen LogP contribution in [0.15, 0.2) is 42.7 Å². The lowest BCUT2D eigenvalue weighted by molar-refractivity contribution is -0.122. The quantitative estimate of drug-likeness (QED) is 0.638. The lowest BCUT2D eigenvalue weighted by atomic mass is 10.1. The molecule has 0 saturated heterocycles. The van der Waals surface area contributed by atoms with Gasteiger partial charge in [-0.1, -0.05) is 6.92 Å². The highest BCUT2D eigenvalue weighted by atomic mass is 19.1. The van der Waals surface area contributed by atoms with Crippen LogP contribution in [-0.4, -0.2) is 38.1 Å². The predicted octanol–water partition coefficient (Wildman–Crippen LogP) is 3.19. The number of anilines is 2. The van der Waals surface area contributed by atoms with Crippen molar-refractivity contribution in [2.45, 2.75) is 33.2 Å². The van der Waals surface area contributed by atoms with E-state index in [4.69, 9.17) is 0 Å². The lowest BCUT2D eigenvalue weighted by Gasteiger charge is -2.31. The van der Waals surface area contributed by atoms with Gasteiger partial charge < -0.3 is 5.32 Å². The number of nitrogens with zero attached hydrogens (tertiary/aromatic N) is 5. The second kappa shape index (κ2) is 8.63. The summed E-state index contributed by atoms with van der Waals surface area (Å²) in [5.41, 5.74) is 2.35. The van der Waals surface area contributed by atoms with Gasteiger partial charge in [-0.05, 0) is 37.1 Å². The average Bonchev–Trinajstić information content (AvgIpc) is 3.12. The number of rotatable bonds is 5. The molecule has 8 nitrogen and oxygen atoms in total. The molecule has 4 heterocycles. The Morgan fingerprint density at radius 2 is 1.84 bits per heavy atom. The predicted molar refractivity (Wildman–Crippen MR) is 114 cm³/mol. The first kappa shape index (κ1) is 20.6. The Labute approximate surface area is 179 Å².